The van der Waals surface area contributed by atoms with Crippen LogP contribution < -0.4 is 5.32 Å². The molecule has 118 valence electrons. The van der Waals surface area contributed by atoms with Gasteiger partial charge in [-0.2, -0.15) is 0 Å². The Morgan fingerprint density at radius 1 is 1.24 bits per heavy atom. The van der Waals surface area contributed by atoms with Gasteiger partial charge in [-0.15, -0.1) is 0 Å². The van der Waals surface area contributed by atoms with Crippen LogP contribution in [0, 0.1) is 0 Å². The topological polar surface area (TPSA) is 41.5 Å². The molecule has 1 atom stereocenters. The molecule has 0 saturated carbocycles. The lowest BCUT2D eigenvalue weighted by Crippen LogP contribution is -2.45. The molecule has 0 aliphatic carbocycles. The third-order valence-electron chi connectivity index (χ3n) is 4.46. The average Bonchev–Trinajstić information content (AvgIpc) is 2.52. The van der Waals surface area contributed by atoms with E-state index in [0.29, 0.717) is 19.8 Å². The second kappa shape index (κ2) is 7.92. The second-order valence-electron chi connectivity index (χ2n) is 6.28. The van der Waals surface area contributed by atoms with Crippen molar-refractivity contribution in [3.8, 4) is 0 Å². The Morgan fingerprint density at radius 3 is 2.52 bits per heavy atom. The lowest BCUT2D eigenvalue weighted by Gasteiger charge is -2.33. The van der Waals surface area contributed by atoms with Crippen LogP contribution in [0.25, 0.3) is 0 Å². The number of ether oxygens (including phenoxy) is 1. The van der Waals surface area contributed by atoms with Gasteiger partial charge >= 0.3 is 0 Å². The Balaban J connectivity index is 1.83. The number of rotatable bonds is 7. The van der Waals surface area contributed by atoms with Gasteiger partial charge in [0.1, 0.15) is 0 Å². The van der Waals surface area contributed by atoms with Gasteiger partial charge in [0, 0.05) is 38.6 Å². The van der Waals surface area contributed by atoms with Crippen molar-refractivity contribution in [1.29, 1.82) is 0 Å². The molecule has 0 amide bonds. The number of benzene rings is 1. The van der Waals surface area contributed by atoms with Gasteiger partial charge in [0.15, 0.2) is 0 Å². The molecule has 1 aromatic rings. The van der Waals surface area contributed by atoms with E-state index in [1.54, 1.807) is 0 Å². The largest absolute Gasteiger partial charge is 0.388 e. The minimum atomic E-state index is -0.604. The smallest absolute Gasteiger partial charge is 0.0815 e. The summed E-state index contributed by atoms with van der Waals surface area (Å²) in [4.78, 5) is 0. The van der Waals surface area contributed by atoms with Crippen LogP contribution in [-0.2, 0) is 11.2 Å². The highest BCUT2D eigenvalue weighted by Gasteiger charge is 2.29. The highest BCUT2D eigenvalue weighted by atomic mass is 16.5. The van der Waals surface area contributed by atoms with Gasteiger partial charge in [-0.1, -0.05) is 37.6 Å². The van der Waals surface area contributed by atoms with Crippen LogP contribution in [0.4, 0.5) is 0 Å². The Labute approximate surface area is 128 Å². The van der Waals surface area contributed by atoms with Gasteiger partial charge in [-0.3, -0.25) is 0 Å². The van der Waals surface area contributed by atoms with Crippen LogP contribution >= 0.6 is 0 Å². The lowest BCUT2D eigenvalue weighted by atomic mass is 9.93. The van der Waals surface area contributed by atoms with Gasteiger partial charge in [-0.25, -0.2) is 0 Å². The maximum absolute atomic E-state index is 10.5. The van der Waals surface area contributed by atoms with Crippen LogP contribution in [0.1, 0.15) is 56.7 Å². The van der Waals surface area contributed by atoms with Gasteiger partial charge < -0.3 is 15.2 Å². The molecule has 0 spiro atoms. The van der Waals surface area contributed by atoms with E-state index in [2.05, 4.69) is 43.4 Å². The summed E-state index contributed by atoms with van der Waals surface area (Å²) in [6.45, 7) is 6.34. The molecule has 0 aromatic heterocycles. The summed E-state index contributed by atoms with van der Waals surface area (Å²) in [7, 11) is 0. The molecule has 21 heavy (non-hydrogen) atoms. The molecule has 2 N–H and O–H groups in total. The van der Waals surface area contributed by atoms with E-state index >= 15 is 0 Å². The number of unbranched alkanes of at least 4 members (excludes halogenated alkanes) is 1. The molecule has 1 heterocycles. The van der Waals surface area contributed by atoms with E-state index in [4.69, 9.17) is 4.74 Å². The molecule has 2 rings (SSSR count). The fraction of sp³-hybridized carbons (Fsp3) is 0.667. The minimum Gasteiger partial charge on any atom is -0.388 e. The van der Waals surface area contributed by atoms with Crippen molar-refractivity contribution in [3.63, 3.8) is 0 Å². The predicted molar refractivity (Wildman–Crippen MR) is 86.5 cm³/mol. The summed E-state index contributed by atoms with van der Waals surface area (Å²) in [5.41, 5.74) is 2.09. The van der Waals surface area contributed by atoms with Gasteiger partial charge in [0.05, 0.1) is 5.60 Å². The number of aryl methyl sites for hydroxylation is 1. The first-order valence-corrected chi connectivity index (χ1v) is 8.25. The van der Waals surface area contributed by atoms with Crippen LogP contribution in [0.2, 0.25) is 0 Å². The number of aliphatic hydroxyl groups is 1. The van der Waals surface area contributed by atoms with E-state index in [1.165, 1.54) is 30.4 Å². The summed E-state index contributed by atoms with van der Waals surface area (Å²) in [5.74, 6) is 0. The Bertz CT molecular complexity index is 410. The van der Waals surface area contributed by atoms with Crippen molar-refractivity contribution < 1.29 is 9.84 Å². The molecule has 0 bridgehead atoms. The summed E-state index contributed by atoms with van der Waals surface area (Å²) in [6.07, 6.45) is 5.11. The van der Waals surface area contributed by atoms with Crippen molar-refractivity contribution in [2.24, 2.45) is 0 Å². The normalized spacial score (nSPS) is 19.4. The maximum Gasteiger partial charge on any atom is 0.0815 e. The van der Waals surface area contributed by atoms with Crippen molar-refractivity contribution in [3.05, 3.63) is 35.4 Å². The van der Waals surface area contributed by atoms with Crippen molar-refractivity contribution in [2.45, 2.75) is 57.6 Å². The van der Waals surface area contributed by atoms with Crippen molar-refractivity contribution in [1.82, 2.24) is 5.32 Å². The molecule has 1 fully saturated rings. The average molecular weight is 291 g/mol. The fourth-order valence-corrected chi connectivity index (χ4v) is 2.74. The first kappa shape index (κ1) is 16.5. The molecule has 1 unspecified atom stereocenters. The SMILES string of the molecule is CCCCc1ccc(C(C)NCC2(O)CCOCC2)cc1. The number of hydrogen-bond donors (Lipinski definition) is 2. The van der Waals surface area contributed by atoms with E-state index in [-0.39, 0.29) is 6.04 Å². The van der Waals surface area contributed by atoms with E-state index in [9.17, 15) is 5.11 Å². The first-order valence-electron chi connectivity index (χ1n) is 8.25. The van der Waals surface area contributed by atoms with Crippen LogP contribution in [-0.4, -0.2) is 30.5 Å². The van der Waals surface area contributed by atoms with E-state index in [0.717, 1.165) is 12.8 Å². The maximum atomic E-state index is 10.5. The molecule has 1 aromatic carbocycles. The molecular formula is C18H29NO2. The summed E-state index contributed by atoms with van der Waals surface area (Å²) in [5, 5.41) is 13.9. The zero-order chi connectivity index (χ0) is 15.1. The minimum absolute atomic E-state index is 0.261. The molecule has 3 nitrogen and oxygen atoms in total. The van der Waals surface area contributed by atoms with E-state index in [1.807, 2.05) is 0 Å². The summed E-state index contributed by atoms with van der Waals surface area (Å²) < 4.78 is 5.31. The Morgan fingerprint density at radius 2 is 1.90 bits per heavy atom. The van der Waals surface area contributed by atoms with Crippen molar-refractivity contribution in [2.75, 3.05) is 19.8 Å². The number of hydrogen-bond acceptors (Lipinski definition) is 3. The van der Waals surface area contributed by atoms with Gasteiger partial charge in [0.2, 0.25) is 0 Å². The first-order chi connectivity index (χ1) is 10.1. The summed E-state index contributed by atoms with van der Waals surface area (Å²) in [6, 6.07) is 9.13. The molecule has 3 heteroatoms. The molecule has 1 aliphatic rings. The highest BCUT2D eigenvalue weighted by molar-refractivity contribution is 5.24. The lowest BCUT2D eigenvalue weighted by molar-refractivity contribution is -0.0626. The van der Waals surface area contributed by atoms with E-state index < -0.39 is 5.60 Å². The third kappa shape index (κ3) is 5.10. The van der Waals surface area contributed by atoms with Crippen molar-refractivity contribution >= 4 is 0 Å². The van der Waals surface area contributed by atoms with Gasteiger partial charge in [-0.05, 0) is 30.9 Å². The Hall–Kier alpha value is -0.900. The predicted octanol–water partition coefficient (Wildman–Crippen LogP) is 3.22. The van der Waals surface area contributed by atoms with Crippen LogP contribution in [0.15, 0.2) is 24.3 Å². The fourth-order valence-electron chi connectivity index (χ4n) is 2.74. The zero-order valence-corrected chi connectivity index (χ0v) is 13.4. The zero-order valence-electron chi connectivity index (χ0n) is 13.4. The number of nitrogens with one attached hydrogen (secondary N) is 1. The van der Waals surface area contributed by atoms with Crippen LogP contribution in [0.5, 0.6) is 0 Å². The standard InChI is InChI=1S/C18H29NO2/c1-3-4-5-16-6-8-17(9-7-16)15(2)19-14-18(20)10-12-21-13-11-18/h6-9,15,19-20H,3-5,10-14H2,1-2H3. The third-order valence-corrected chi connectivity index (χ3v) is 4.46. The quantitative estimate of drug-likeness (QED) is 0.810. The molecule has 0 radical (unpaired) electrons. The second-order valence-corrected chi connectivity index (χ2v) is 6.28. The molecule has 1 saturated heterocycles. The monoisotopic (exact) mass is 291 g/mol. The Kier molecular flexibility index (Phi) is 6.22. The summed E-state index contributed by atoms with van der Waals surface area (Å²) >= 11 is 0. The van der Waals surface area contributed by atoms with Crippen LogP contribution in [0.3, 0.4) is 0 Å². The van der Waals surface area contributed by atoms with Gasteiger partial charge in [0.25, 0.3) is 0 Å². The highest BCUT2D eigenvalue weighted by Crippen LogP contribution is 2.21. The molecule has 1 aliphatic heterocycles. The molecular weight excluding hydrogens is 262 g/mol.